The van der Waals surface area contributed by atoms with Gasteiger partial charge in [-0.1, -0.05) is 41.9 Å². The Morgan fingerprint density at radius 3 is 2.48 bits per heavy atom. The van der Waals surface area contributed by atoms with Crippen molar-refractivity contribution in [2.75, 3.05) is 12.4 Å². The fourth-order valence-corrected chi connectivity index (χ4v) is 4.33. The molecule has 1 aliphatic heterocycles. The van der Waals surface area contributed by atoms with E-state index in [1.807, 2.05) is 12.1 Å². The molecule has 0 fully saturated rings. The maximum Gasteiger partial charge on any atom is 0.266 e. The van der Waals surface area contributed by atoms with Crippen LogP contribution < -0.4 is 19.5 Å². The summed E-state index contributed by atoms with van der Waals surface area (Å²) in [5.74, 6) is -0.345. The molecular weight excluding hydrogens is 445 g/mol. The number of benzene rings is 3. The molecule has 2 N–H and O–H groups in total. The number of guanidine groups is 1. The second kappa shape index (κ2) is 8.44. The third-order valence-corrected chi connectivity index (χ3v) is 6.18. The van der Waals surface area contributed by atoms with Crippen LogP contribution in [-0.4, -0.2) is 21.5 Å². The third kappa shape index (κ3) is 4.28. The molecule has 0 unspecified atom stereocenters. The Hall–Kier alpha value is -3.30. The summed E-state index contributed by atoms with van der Waals surface area (Å²) < 4.78 is 53.4. The summed E-state index contributed by atoms with van der Waals surface area (Å²) in [7, 11) is -2.47. The first kappa shape index (κ1) is 21.0. The van der Waals surface area contributed by atoms with Crippen molar-refractivity contribution in [2.45, 2.75) is 11.4 Å². The highest BCUT2D eigenvalue weighted by Gasteiger charge is 2.31. The van der Waals surface area contributed by atoms with E-state index in [0.29, 0.717) is 5.75 Å². The summed E-state index contributed by atoms with van der Waals surface area (Å²) in [6.45, 7) is 0.125. The van der Waals surface area contributed by atoms with E-state index >= 15 is 0 Å². The second-order valence-corrected chi connectivity index (χ2v) is 8.55. The Morgan fingerprint density at radius 2 is 1.74 bits per heavy atom. The molecule has 31 heavy (non-hydrogen) atoms. The maximum absolute atomic E-state index is 14.6. The van der Waals surface area contributed by atoms with Gasteiger partial charge in [0.15, 0.2) is 11.6 Å². The lowest BCUT2D eigenvalue weighted by Crippen LogP contribution is -2.41. The number of ether oxygens (including phenoxy) is 2. The summed E-state index contributed by atoms with van der Waals surface area (Å²) >= 11 is 6.11. The topological polar surface area (TPSA) is 89.0 Å². The summed E-state index contributed by atoms with van der Waals surface area (Å²) in [5.41, 5.74) is 0.675. The zero-order valence-corrected chi connectivity index (χ0v) is 17.8. The normalized spacial score (nSPS) is 15.5. The highest BCUT2D eigenvalue weighted by Crippen LogP contribution is 2.40. The summed E-state index contributed by atoms with van der Waals surface area (Å²) in [5, 5.41) is 3.07. The van der Waals surface area contributed by atoms with Gasteiger partial charge >= 0.3 is 0 Å². The van der Waals surface area contributed by atoms with E-state index in [4.69, 9.17) is 21.1 Å². The van der Waals surface area contributed by atoms with Gasteiger partial charge in [-0.3, -0.25) is 0 Å². The van der Waals surface area contributed by atoms with Gasteiger partial charge < -0.3 is 14.8 Å². The van der Waals surface area contributed by atoms with Crippen molar-refractivity contribution in [1.29, 1.82) is 0 Å². The number of hydrogen-bond acceptors (Lipinski definition) is 5. The van der Waals surface area contributed by atoms with Gasteiger partial charge in [0.05, 0.1) is 18.7 Å². The molecular formula is C21H17ClFN3O4S. The highest BCUT2D eigenvalue weighted by atomic mass is 35.5. The van der Waals surface area contributed by atoms with Crippen molar-refractivity contribution in [3.63, 3.8) is 0 Å². The number of halogens is 2. The standard InChI is InChI=1S/C21H17ClFN3O4S/c1-29-16-8-4-2-6-13(16)12-24-21-25-19-18(31(27,28)26-21)11-10-15(23)20(19)30-17-9-5-3-7-14(17)22/h2-11H,12H2,1H3,(H2,24,25,26). The molecule has 10 heteroatoms. The zero-order valence-electron chi connectivity index (χ0n) is 16.2. The fourth-order valence-electron chi connectivity index (χ4n) is 3.01. The molecule has 4 rings (SSSR count). The molecule has 1 aliphatic rings. The molecule has 0 saturated heterocycles. The van der Waals surface area contributed by atoms with Crippen molar-refractivity contribution >= 4 is 33.3 Å². The van der Waals surface area contributed by atoms with Crippen LogP contribution in [-0.2, 0) is 16.6 Å². The van der Waals surface area contributed by atoms with Crippen LogP contribution in [0.15, 0.2) is 70.6 Å². The lowest BCUT2D eigenvalue weighted by Gasteiger charge is -2.24. The van der Waals surface area contributed by atoms with Crippen molar-refractivity contribution in [2.24, 2.45) is 4.99 Å². The van der Waals surface area contributed by atoms with Crippen molar-refractivity contribution in [3.8, 4) is 17.2 Å². The predicted molar refractivity (Wildman–Crippen MR) is 116 cm³/mol. The van der Waals surface area contributed by atoms with Crippen LogP contribution in [0.4, 0.5) is 10.1 Å². The fraction of sp³-hybridized carbons (Fsp3) is 0.0952. The SMILES string of the molecule is COc1ccccc1CN=C1Nc2c(ccc(F)c2Oc2ccccc2Cl)S(=O)(=O)N1. The molecule has 3 aromatic rings. The number of nitrogens with one attached hydrogen (secondary N) is 2. The zero-order chi connectivity index (χ0) is 22.0. The Labute approximate surface area is 183 Å². The maximum atomic E-state index is 14.6. The average Bonchev–Trinajstić information content (AvgIpc) is 2.75. The minimum atomic E-state index is -4.01. The van der Waals surface area contributed by atoms with Gasteiger partial charge in [-0.25, -0.2) is 22.5 Å². The van der Waals surface area contributed by atoms with E-state index in [0.717, 1.165) is 17.7 Å². The molecule has 7 nitrogen and oxygen atoms in total. The molecule has 0 atom stereocenters. The van der Waals surface area contributed by atoms with Crippen molar-refractivity contribution in [3.05, 3.63) is 77.1 Å². The van der Waals surface area contributed by atoms with E-state index in [1.165, 1.54) is 7.11 Å². The summed E-state index contributed by atoms with van der Waals surface area (Å²) in [6, 6.07) is 15.9. The van der Waals surface area contributed by atoms with Gasteiger partial charge in [-0.05, 0) is 30.3 Å². The van der Waals surface area contributed by atoms with Crippen molar-refractivity contribution in [1.82, 2.24) is 4.72 Å². The molecule has 0 amide bonds. The number of sulfonamides is 1. The van der Waals surface area contributed by atoms with Gasteiger partial charge in [0.2, 0.25) is 5.96 Å². The average molecular weight is 462 g/mol. The van der Waals surface area contributed by atoms with Crippen LogP contribution in [0.25, 0.3) is 0 Å². The predicted octanol–water partition coefficient (Wildman–Crippen LogP) is 4.54. The molecule has 3 aromatic carbocycles. The molecule has 0 bridgehead atoms. The number of para-hydroxylation sites is 2. The molecule has 0 saturated carbocycles. The van der Waals surface area contributed by atoms with Crippen LogP contribution in [0, 0.1) is 5.82 Å². The highest BCUT2D eigenvalue weighted by molar-refractivity contribution is 7.90. The lowest BCUT2D eigenvalue weighted by molar-refractivity contribution is 0.410. The van der Waals surface area contributed by atoms with Gasteiger partial charge in [0, 0.05) is 5.56 Å². The number of methoxy groups -OCH3 is 1. The molecule has 0 aliphatic carbocycles. The van der Waals surface area contributed by atoms with Gasteiger partial charge in [0.1, 0.15) is 22.1 Å². The smallest absolute Gasteiger partial charge is 0.266 e. The minimum Gasteiger partial charge on any atom is -0.496 e. The first-order chi connectivity index (χ1) is 14.9. The first-order valence-corrected chi connectivity index (χ1v) is 11.0. The van der Waals surface area contributed by atoms with Crippen molar-refractivity contribution < 1.29 is 22.3 Å². The minimum absolute atomic E-state index is 0.0718. The number of aliphatic imine (C=N–C) groups is 1. The van der Waals surface area contributed by atoms with Crippen LogP contribution in [0.1, 0.15) is 5.56 Å². The lowest BCUT2D eigenvalue weighted by atomic mass is 10.2. The van der Waals surface area contributed by atoms with Gasteiger partial charge in [-0.15, -0.1) is 0 Å². The number of nitrogens with zero attached hydrogens (tertiary/aromatic N) is 1. The second-order valence-electron chi connectivity index (χ2n) is 6.49. The number of rotatable bonds is 5. The quantitative estimate of drug-likeness (QED) is 0.582. The van der Waals surface area contributed by atoms with Crippen LogP contribution in [0.3, 0.4) is 0 Å². The Kier molecular flexibility index (Phi) is 5.71. The van der Waals surface area contributed by atoms with E-state index in [9.17, 15) is 12.8 Å². The number of fused-ring (bicyclic) bond motifs is 1. The van der Waals surface area contributed by atoms with Crippen LogP contribution in [0.2, 0.25) is 5.02 Å². The molecule has 0 aromatic heterocycles. The molecule has 1 heterocycles. The van der Waals surface area contributed by atoms with Gasteiger partial charge in [-0.2, -0.15) is 0 Å². The molecule has 0 radical (unpaired) electrons. The van der Waals surface area contributed by atoms with E-state index in [1.54, 1.807) is 36.4 Å². The molecule has 160 valence electrons. The monoisotopic (exact) mass is 461 g/mol. The summed E-state index contributed by atoms with van der Waals surface area (Å²) in [6.07, 6.45) is 0. The Morgan fingerprint density at radius 1 is 1.03 bits per heavy atom. The van der Waals surface area contributed by atoms with E-state index in [-0.39, 0.29) is 39.6 Å². The van der Waals surface area contributed by atoms with Crippen LogP contribution in [0.5, 0.6) is 17.2 Å². The number of anilines is 1. The third-order valence-electron chi connectivity index (χ3n) is 4.48. The Bertz CT molecular complexity index is 1280. The largest absolute Gasteiger partial charge is 0.496 e. The molecule has 0 spiro atoms. The van der Waals surface area contributed by atoms with Crippen LogP contribution >= 0.6 is 11.6 Å². The van der Waals surface area contributed by atoms with E-state index < -0.39 is 15.8 Å². The number of hydrogen-bond donors (Lipinski definition) is 2. The summed E-state index contributed by atoms with van der Waals surface area (Å²) in [4.78, 5) is 4.11. The van der Waals surface area contributed by atoms with E-state index in [2.05, 4.69) is 15.0 Å². The first-order valence-electron chi connectivity index (χ1n) is 9.10. The van der Waals surface area contributed by atoms with Gasteiger partial charge in [0.25, 0.3) is 10.0 Å². The Balaban J connectivity index is 1.73.